The maximum Gasteiger partial charge on any atom is 0.243 e. The molecule has 0 aromatic carbocycles. The SMILES string of the molecule is CC(C)(C)CC(=O)C(C)(C)C.CC(C)(C)SC1CC(=O)N(C(C)(C)C)C1=O. The molecular weight excluding hydrogens is 358 g/mol. The van der Waals surface area contributed by atoms with E-state index in [0.29, 0.717) is 18.6 Å². The molecule has 5 heteroatoms. The molecule has 1 rings (SSSR count). The van der Waals surface area contributed by atoms with Crippen molar-refractivity contribution in [3.8, 4) is 0 Å². The van der Waals surface area contributed by atoms with E-state index in [9.17, 15) is 14.4 Å². The zero-order chi connectivity index (χ0) is 22.0. The first kappa shape index (κ1) is 26.2. The van der Waals surface area contributed by atoms with Gasteiger partial charge in [0.05, 0.1) is 5.25 Å². The molecule has 0 aromatic rings. The van der Waals surface area contributed by atoms with E-state index in [4.69, 9.17) is 0 Å². The summed E-state index contributed by atoms with van der Waals surface area (Å²) in [5.41, 5.74) is -0.445. The summed E-state index contributed by atoms with van der Waals surface area (Å²) < 4.78 is 0.00843. The smallest absolute Gasteiger partial charge is 0.243 e. The van der Waals surface area contributed by atoms with Gasteiger partial charge in [-0.25, -0.2) is 0 Å². The maximum absolute atomic E-state index is 12.1. The molecule has 1 atom stereocenters. The molecule has 1 heterocycles. The van der Waals surface area contributed by atoms with Gasteiger partial charge < -0.3 is 0 Å². The van der Waals surface area contributed by atoms with Crippen molar-refractivity contribution >= 4 is 29.4 Å². The third kappa shape index (κ3) is 9.77. The summed E-state index contributed by atoms with van der Waals surface area (Å²) in [4.78, 5) is 36.8. The van der Waals surface area contributed by atoms with E-state index >= 15 is 0 Å². The Morgan fingerprint density at radius 3 is 1.59 bits per heavy atom. The van der Waals surface area contributed by atoms with E-state index in [2.05, 4.69) is 41.5 Å². The second kappa shape index (κ2) is 8.67. The first-order valence-electron chi connectivity index (χ1n) is 9.73. The van der Waals surface area contributed by atoms with Crippen molar-refractivity contribution in [2.24, 2.45) is 10.8 Å². The summed E-state index contributed by atoms with van der Waals surface area (Å²) in [6, 6.07) is 0. The summed E-state index contributed by atoms with van der Waals surface area (Å²) in [5.74, 6) is 0.279. The number of likely N-dealkylation sites (tertiary alicyclic amines) is 1. The predicted molar refractivity (Wildman–Crippen MR) is 116 cm³/mol. The first-order chi connectivity index (χ1) is 11.6. The quantitative estimate of drug-likeness (QED) is 0.577. The first-order valence-corrected chi connectivity index (χ1v) is 10.6. The van der Waals surface area contributed by atoms with Crippen molar-refractivity contribution in [3.63, 3.8) is 0 Å². The van der Waals surface area contributed by atoms with Crippen LogP contribution in [0.3, 0.4) is 0 Å². The van der Waals surface area contributed by atoms with Crippen LogP contribution in [0, 0.1) is 10.8 Å². The highest BCUT2D eigenvalue weighted by molar-refractivity contribution is 8.01. The fourth-order valence-electron chi connectivity index (χ4n) is 2.57. The van der Waals surface area contributed by atoms with Gasteiger partial charge in [0.15, 0.2) is 0 Å². The van der Waals surface area contributed by atoms with Crippen LogP contribution in [-0.4, -0.2) is 38.0 Å². The second-order valence-electron chi connectivity index (χ2n) is 11.6. The molecule has 1 aliphatic heterocycles. The van der Waals surface area contributed by atoms with Crippen LogP contribution in [0.5, 0.6) is 0 Å². The van der Waals surface area contributed by atoms with Crippen molar-refractivity contribution in [2.45, 2.75) is 111 Å². The van der Waals surface area contributed by atoms with Gasteiger partial charge in [0.1, 0.15) is 5.78 Å². The van der Waals surface area contributed by atoms with Crippen molar-refractivity contribution in [2.75, 3.05) is 0 Å². The molecule has 0 aliphatic carbocycles. The van der Waals surface area contributed by atoms with Gasteiger partial charge in [-0.1, -0.05) is 62.3 Å². The maximum atomic E-state index is 12.1. The molecule has 0 radical (unpaired) electrons. The minimum Gasteiger partial charge on any atom is -0.299 e. The number of thioether (sulfide) groups is 1. The van der Waals surface area contributed by atoms with Crippen LogP contribution in [0.15, 0.2) is 0 Å². The van der Waals surface area contributed by atoms with Crippen molar-refractivity contribution in [1.29, 1.82) is 0 Å². The number of hydrogen-bond acceptors (Lipinski definition) is 4. The van der Waals surface area contributed by atoms with Gasteiger partial charge in [-0.2, -0.15) is 0 Å². The zero-order valence-corrected chi connectivity index (χ0v) is 20.4. The molecule has 1 aliphatic rings. The van der Waals surface area contributed by atoms with E-state index in [1.165, 1.54) is 4.90 Å². The molecule has 1 fully saturated rings. The summed E-state index contributed by atoms with van der Waals surface area (Å²) in [6.07, 6.45) is 1.02. The van der Waals surface area contributed by atoms with Gasteiger partial charge >= 0.3 is 0 Å². The molecule has 1 unspecified atom stereocenters. The average Bonchev–Trinajstić information content (AvgIpc) is 2.58. The summed E-state index contributed by atoms with van der Waals surface area (Å²) in [7, 11) is 0. The van der Waals surface area contributed by atoms with E-state index < -0.39 is 5.54 Å². The van der Waals surface area contributed by atoms with Gasteiger partial charge in [-0.3, -0.25) is 19.3 Å². The Labute approximate surface area is 171 Å². The lowest BCUT2D eigenvalue weighted by Gasteiger charge is -2.30. The number of amides is 2. The summed E-state index contributed by atoms with van der Waals surface area (Å²) >= 11 is 1.58. The highest BCUT2D eigenvalue weighted by Gasteiger charge is 2.45. The Kier molecular flexibility index (Phi) is 8.40. The number of imide groups is 1. The van der Waals surface area contributed by atoms with Crippen molar-refractivity contribution in [3.05, 3.63) is 0 Å². The zero-order valence-electron chi connectivity index (χ0n) is 19.6. The van der Waals surface area contributed by atoms with Crippen molar-refractivity contribution < 1.29 is 14.4 Å². The van der Waals surface area contributed by atoms with Crippen LogP contribution in [-0.2, 0) is 14.4 Å². The van der Waals surface area contributed by atoms with Crippen LogP contribution >= 0.6 is 11.8 Å². The van der Waals surface area contributed by atoms with Crippen LogP contribution in [0.2, 0.25) is 0 Å². The topological polar surface area (TPSA) is 54.5 Å². The number of ketones is 1. The summed E-state index contributed by atoms with van der Waals surface area (Å²) in [5, 5.41) is -0.202. The van der Waals surface area contributed by atoms with Gasteiger partial charge in [0.25, 0.3) is 0 Å². The molecule has 4 nitrogen and oxygen atoms in total. The molecule has 2 amide bonds. The fourth-order valence-corrected chi connectivity index (χ4v) is 3.86. The molecule has 27 heavy (non-hydrogen) atoms. The lowest BCUT2D eigenvalue weighted by Crippen LogP contribution is -2.46. The largest absolute Gasteiger partial charge is 0.299 e. The van der Waals surface area contributed by atoms with E-state index in [0.717, 1.165) is 0 Å². The third-order valence-corrected chi connectivity index (χ3v) is 5.16. The number of carbonyl (C=O) groups is 3. The van der Waals surface area contributed by atoms with Gasteiger partial charge in [0.2, 0.25) is 11.8 Å². The number of carbonyl (C=O) groups excluding carboxylic acids is 3. The van der Waals surface area contributed by atoms with Gasteiger partial charge in [-0.05, 0) is 26.2 Å². The predicted octanol–water partition coefficient (Wildman–Crippen LogP) is 5.48. The molecule has 0 N–H and O–H groups in total. The van der Waals surface area contributed by atoms with Crippen molar-refractivity contribution in [1.82, 2.24) is 4.90 Å². The number of nitrogens with zero attached hydrogens (tertiary/aromatic N) is 1. The summed E-state index contributed by atoms with van der Waals surface area (Å²) in [6.45, 7) is 24.1. The molecule has 0 saturated carbocycles. The van der Waals surface area contributed by atoms with E-state index in [1.807, 2.05) is 41.5 Å². The van der Waals surface area contributed by atoms with E-state index in [1.54, 1.807) is 11.8 Å². The Morgan fingerprint density at radius 2 is 1.37 bits per heavy atom. The molecule has 158 valence electrons. The highest BCUT2D eigenvalue weighted by Crippen LogP contribution is 2.36. The number of rotatable bonds is 2. The molecule has 1 saturated heterocycles. The van der Waals surface area contributed by atoms with Crippen LogP contribution < -0.4 is 0 Å². The second-order valence-corrected chi connectivity index (χ2v) is 13.6. The Morgan fingerprint density at radius 1 is 0.926 bits per heavy atom. The standard InChI is InChI=1S/C12H21NO2S.C10H20O/c1-11(2,3)13-9(14)7-8(10(13)15)16-12(4,5)6;1-9(2,3)7-8(11)10(4,5)6/h8H,7H2,1-6H3;7H2,1-6H3. The molecule has 0 aromatic heterocycles. The number of Topliss-reactive ketones (excluding diaryl/α,β-unsaturated/α-hetero) is 1. The lowest BCUT2D eigenvalue weighted by molar-refractivity contribution is -0.143. The number of hydrogen-bond donors (Lipinski definition) is 0. The van der Waals surface area contributed by atoms with Crippen LogP contribution in [0.25, 0.3) is 0 Å². The molecule has 0 spiro atoms. The minimum absolute atomic E-state index is 0.00843. The monoisotopic (exact) mass is 399 g/mol. The lowest BCUT2D eigenvalue weighted by atomic mass is 9.80. The fraction of sp³-hybridized carbons (Fsp3) is 0.864. The Bertz CT molecular complexity index is 554. The van der Waals surface area contributed by atoms with Gasteiger partial charge in [-0.15, -0.1) is 11.8 Å². The minimum atomic E-state index is -0.401. The van der Waals surface area contributed by atoms with E-state index in [-0.39, 0.29) is 32.6 Å². The highest BCUT2D eigenvalue weighted by atomic mass is 32.2. The Hall–Kier alpha value is -0.840. The van der Waals surface area contributed by atoms with Gasteiger partial charge in [0, 0.05) is 28.5 Å². The molecular formula is C22H41NO3S. The van der Waals surface area contributed by atoms with Crippen LogP contribution in [0.1, 0.15) is 95.9 Å². The normalized spacial score (nSPS) is 19.1. The third-order valence-electron chi connectivity index (χ3n) is 3.80. The van der Waals surface area contributed by atoms with Crippen LogP contribution in [0.4, 0.5) is 0 Å². The average molecular weight is 400 g/mol. The molecule has 0 bridgehead atoms. The Balaban J connectivity index is 0.000000541.